The zero-order chi connectivity index (χ0) is 42.1. The maximum absolute atomic E-state index is 15.3. The number of carbonyl (C=O) groups excluding carboxylic acids is 2. The molecule has 0 heterocycles. The minimum Gasteiger partial charge on any atom is -0.446 e. The fourth-order valence-corrected chi connectivity index (χ4v) is 16.3. The van der Waals surface area contributed by atoms with Gasteiger partial charge in [-0.15, -0.1) is 0 Å². The Morgan fingerprint density at radius 3 is 2.39 bits per heavy atom. The second kappa shape index (κ2) is 14.4. The van der Waals surface area contributed by atoms with Crippen molar-refractivity contribution in [3.05, 3.63) is 58.4 Å². The van der Waals surface area contributed by atoms with Crippen molar-refractivity contribution in [3.8, 4) is 0 Å². The second-order valence-corrected chi connectivity index (χ2v) is 23.3. The zero-order valence-electron chi connectivity index (χ0n) is 36.9. The van der Waals surface area contributed by atoms with Crippen LogP contribution in [0.5, 0.6) is 0 Å². The van der Waals surface area contributed by atoms with Crippen LogP contribution in [0.3, 0.4) is 0 Å². The third-order valence-electron chi connectivity index (χ3n) is 19.8. The molecule has 0 radical (unpaired) electrons. The molecule has 14 atom stereocenters. The molecule has 1 aromatic rings. The van der Waals surface area contributed by atoms with E-state index in [1.807, 2.05) is 4.90 Å². The maximum atomic E-state index is 15.3. The Kier molecular flexibility index (Phi) is 10.3. The van der Waals surface area contributed by atoms with Gasteiger partial charge in [0.25, 0.3) is 0 Å². The van der Waals surface area contributed by atoms with Crippen LogP contribution in [0, 0.1) is 80.2 Å². The first-order valence-electron chi connectivity index (χ1n) is 23.5. The molecule has 2 N–H and O–H groups in total. The normalized spacial score (nSPS) is 45.2. The highest BCUT2D eigenvalue weighted by Crippen LogP contribution is 2.78. The number of aliphatic hydroxyl groups is 2. The van der Waals surface area contributed by atoms with E-state index in [1.54, 1.807) is 12.1 Å². The average Bonchev–Trinajstić information content (AvgIpc) is 3.45. The van der Waals surface area contributed by atoms with Gasteiger partial charge in [0, 0.05) is 45.4 Å². The zero-order valence-corrected chi connectivity index (χ0v) is 37.6. The van der Waals surface area contributed by atoms with Gasteiger partial charge >= 0.3 is 6.09 Å². The van der Waals surface area contributed by atoms with Crippen molar-refractivity contribution in [1.29, 1.82) is 0 Å². The molecule has 4 bridgehead atoms. The standard InChI is InChI=1S/C51H71ClFNO5/c1-30(2)35-14-11-31(3)23-42(35)59-45(57)54(28-32-12-13-33-24-37(32)46(33,4)5)29-50(58)20-17-44-48(50,7)19-16-43-47(6)18-15-34(55)26-49(47)21-22-51(43,44)38(27-49)41(56)25-36-39(52)9-8-10-40(36)53/h8-10,21-22,27,30-35,37,42-44,55,58H,11-20,23-26,28-29H2,1-7H3/t31-,32-,33-,34?,35+,37-,42-,43+,44+,47+,48-,49-,50+,51+/m0/s1. The van der Waals surface area contributed by atoms with Crippen molar-refractivity contribution >= 4 is 23.5 Å². The molecule has 0 aromatic heterocycles. The molecule has 11 rings (SSSR count). The van der Waals surface area contributed by atoms with Crippen LogP contribution in [0.25, 0.3) is 0 Å². The number of amides is 1. The first-order valence-corrected chi connectivity index (χ1v) is 23.9. The Labute approximate surface area is 358 Å². The highest BCUT2D eigenvalue weighted by molar-refractivity contribution is 6.31. The Morgan fingerprint density at radius 1 is 0.949 bits per heavy atom. The third kappa shape index (κ3) is 6.16. The summed E-state index contributed by atoms with van der Waals surface area (Å²) in [5.41, 5.74) is -1.97. The van der Waals surface area contributed by atoms with E-state index in [0.717, 1.165) is 57.3 Å². The molecule has 7 fully saturated rings. The molecule has 59 heavy (non-hydrogen) atoms. The van der Waals surface area contributed by atoms with Crippen LogP contribution in [0.1, 0.15) is 138 Å². The molecule has 10 aliphatic rings. The summed E-state index contributed by atoms with van der Waals surface area (Å²) in [6.45, 7) is 17.0. The van der Waals surface area contributed by atoms with Crippen molar-refractivity contribution < 1.29 is 28.9 Å². The Hall–Kier alpha value is -2.22. The van der Waals surface area contributed by atoms with Crippen LogP contribution in [-0.4, -0.2) is 57.9 Å². The minimum absolute atomic E-state index is 0.0772. The van der Waals surface area contributed by atoms with Crippen LogP contribution in [0.2, 0.25) is 5.02 Å². The highest BCUT2D eigenvalue weighted by atomic mass is 35.5. The summed E-state index contributed by atoms with van der Waals surface area (Å²) in [5.74, 6) is 2.34. The molecule has 0 aliphatic heterocycles. The molecule has 2 spiro atoms. The van der Waals surface area contributed by atoms with E-state index >= 15 is 4.39 Å². The van der Waals surface area contributed by atoms with Crippen molar-refractivity contribution in [2.24, 2.45) is 74.4 Å². The van der Waals surface area contributed by atoms with Crippen LogP contribution in [0.15, 0.2) is 42.0 Å². The number of fused-ring (bicyclic) bond motifs is 3. The first-order chi connectivity index (χ1) is 27.8. The van der Waals surface area contributed by atoms with Crippen LogP contribution < -0.4 is 0 Å². The number of carbonyl (C=O) groups is 2. The number of Topliss-reactive ketones (excluding diaryl/α,β-unsaturated/α-hetero) is 1. The monoisotopic (exact) mass is 832 g/mol. The van der Waals surface area contributed by atoms with Gasteiger partial charge < -0.3 is 19.8 Å². The molecule has 1 aromatic carbocycles. The predicted molar refractivity (Wildman–Crippen MR) is 230 cm³/mol. The number of halogens is 2. The van der Waals surface area contributed by atoms with E-state index in [4.69, 9.17) is 16.3 Å². The molecule has 1 amide bonds. The molecule has 1 unspecified atom stereocenters. The Balaban J connectivity index is 1.07. The molecular formula is C51H71ClFNO5. The maximum Gasteiger partial charge on any atom is 0.410 e. The Bertz CT molecular complexity index is 1910. The van der Waals surface area contributed by atoms with Crippen LogP contribution in [-0.2, 0) is 16.0 Å². The molecule has 6 nitrogen and oxygen atoms in total. The molecule has 10 aliphatic carbocycles. The quantitative estimate of drug-likeness (QED) is 0.242. The summed E-state index contributed by atoms with van der Waals surface area (Å²) in [4.78, 5) is 31.8. The Morgan fingerprint density at radius 2 is 1.68 bits per heavy atom. The van der Waals surface area contributed by atoms with Crippen LogP contribution >= 0.6 is 11.6 Å². The van der Waals surface area contributed by atoms with Crippen molar-refractivity contribution in [2.45, 2.75) is 156 Å². The fourth-order valence-electron chi connectivity index (χ4n) is 16.1. The van der Waals surface area contributed by atoms with Gasteiger partial charge in [0.05, 0.1) is 18.2 Å². The lowest BCUT2D eigenvalue weighted by Gasteiger charge is -2.71. The van der Waals surface area contributed by atoms with Gasteiger partial charge in [-0.2, -0.15) is 0 Å². The minimum atomic E-state index is -1.20. The average molecular weight is 833 g/mol. The van der Waals surface area contributed by atoms with E-state index in [1.165, 1.54) is 18.9 Å². The summed E-state index contributed by atoms with van der Waals surface area (Å²) < 4.78 is 22.0. The van der Waals surface area contributed by atoms with Crippen molar-refractivity contribution in [3.63, 3.8) is 0 Å². The van der Waals surface area contributed by atoms with Gasteiger partial charge in [0.1, 0.15) is 11.9 Å². The van der Waals surface area contributed by atoms with Gasteiger partial charge in [-0.25, -0.2) is 9.18 Å². The number of ether oxygens (including phenoxy) is 1. The smallest absolute Gasteiger partial charge is 0.410 e. The summed E-state index contributed by atoms with van der Waals surface area (Å²) in [7, 11) is 0. The number of benzene rings is 1. The molecule has 324 valence electrons. The molecule has 7 saturated carbocycles. The van der Waals surface area contributed by atoms with Gasteiger partial charge in [0.15, 0.2) is 5.78 Å². The second-order valence-electron chi connectivity index (χ2n) is 22.9. The summed E-state index contributed by atoms with van der Waals surface area (Å²) in [5, 5.41) is 24.8. The van der Waals surface area contributed by atoms with E-state index in [0.29, 0.717) is 61.0 Å². The summed E-state index contributed by atoms with van der Waals surface area (Å²) in [6.07, 6.45) is 17.4. The largest absolute Gasteiger partial charge is 0.446 e. The summed E-state index contributed by atoms with van der Waals surface area (Å²) in [6, 6.07) is 4.58. The third-order valence-corrected chi connectivity index (χ3v) is 20.1. The number of allylic oxidation sites excluding steroid dienone is 4. The lowest BCUT2D eigenvalue weighted by molar-refractivity contribution is -0.180. The van der Waals surface area contributed by atoms with Crippen molar-refractivity contribution in [2.75, 3.05) is 13.1 Å². The first kappa shape index (κ1) is 42.1. The topological polar surface area (TPSA) is 87.1 Å². The van der Waals surface area contributed by atoms with E-state index in [-0.39, 0.29) is 64.2 Å². The fraction of sp³-hybridized carbons (Fsp3) is 0.765. The lowest BCUT2D eigenvalue weighted by Crippen LogP contribution is -2.67. The van der Waals surface area contributed by atoms with E-state index in [2.05, 4.69) is 66.7 Å². The van der Waals surface area contributed by atoms with Gasteiger partial charge in [-0.05, 0) is 147 Å². The number of hydrogen-bond donors (Lipinski definition) is 2. The number of hydrogen-bond acceptors (Lipinski definition) is 5. The SMILES string of the molecule is CC(C)[C@H]1CC[C@H](C)C[C@@H]1OC(=O)N(C[C@@H]1CC[C@H]2C[C@@H]1C2(C)C)C[C@]1(O)CC[C@H]2[C@]34C=C[C@@]5(C=C3C(=O)Cc3c(F)cccc3Cl)CC(O)CC[C@]5(C)[C@H]4CC[C@@]21C. The lowest BCUT2D eigenvalue weighted by atomic mass is 9.32. The number of aliphatic hydroxyl groups excluding tert-OH is 1. The van der Waals surface area contributed by atoms with E-state index in [9.17, 15) is 19.8 Å². The molecular weight excluding hydrogens is 761 g/mol. The van der Waals surface area contributed by atoms with E-state index < -0.39 is 33.8 Å². The highest BCUT2D eigenvalue weighted by Gasteiger charge is 2.74. The van der Waals surface area contributed by atoms with Gasteiger partial charge in [-0.1, -0.05) is 90.8 Å². The predicted octanol–water partition coefficient (Wildman–Crippen LogP) is 11.2. The van der Waals surface area contributed by atoms with Gasteiger partial charge in [-0.3, -0.25) is 4.79 Å². The molecule has 0 saturated heterocycles. The number of nitrogens with zero attached hydrogens (tertiary/aromatic N) is 1. The molecule has 8 heteroatoms. The van der Waals surface area contributed by atoms with Crippen LogP contribution in [0.4, 0.5) is 9.18 Å². The number of ketones is 1. The van der Waals surface area contributed by atoms with Crippen molar-refractivity contribution in [1.82, 2.24) is 4.90 Å². The summed E-state index contributed by atoms with van der Waals surface area (Å²) >= 11 is 6.56. The number of rotatable bonds is 9. The van der Waals surface area contributed by atoms with Gasteiger partial charge in [0.2, 0.25) is 0 Å².